The Morgan fingerprint density at radius 1 is 0.895 bits per heavy atom. The van der Waals surface area contributed by atoms with Crippen molar-refractivity contribution in [1.82, 2.24) is 20.9 Å². The minimum Gasteiger partial charge on any atom is -0.481 e. The largest absolute Gasteiger partial charge is 0.481 e. The van der Waals surface area contributed by atoms with Crippen molar-refractivity contribution < 1.29 is 44.1 Å². The summed E-state index contributed by atoms with van der Waals surface area (Å²) in [4.78, 5) is 74.6. The van der Waals surface area contributed by atoms with Gasteiger partial charge in [-0.1, -0.05) is 18.2 Å². The number of para-hydroxylation sites is 1. The summed E-state index contributed by atoms with van der Waals surface area (Å²) in [6.07, 6.45) is 0.0800. The van der Waals surface area contributed by atoms with Crippen LogP contribution >= 0.6 is 0 Å². The summed E-state index contributed by atoms with van der Waals surface area (Å²) < 4.78 is 0. The van der Waals surface area contributed by atoms with Crippen LogP contribution in [0.15, 0.2) is 30.5 Å². The molecule has 0 saturated carbocycles. The van der Waals surface area contributed by atoms with Gasteiger partial charge in [0.2, 0.25) is 23.6 Å². The molecule has 0 aliphatic rings. The van der Waals surface area contributed by atoms with E-state index >= 15 is 0 Å². The number of aliphatic carboxylic acids is 2. The Hall–Kier alpha value is -4.50. The van der Waals surface area contributed by atoms with Crippen LogP contribution in [0.3, 0.4) is 0 Å². The fraction of sp³-hybridized carbons (Fsp3) is 0.391. The second-order valence-corrected chi connectivity index (χ2v) is 8.48. The maximum Gasteiger partial charge on any atom is 0.326 e. The van der Waals surface area contributed by atoms with Crippen molar-refractivity contribution in [3.05, 3.63) is 36.0 Å². The maximum atomic E-state index is 13.1. The van der Waals surface area contributed by atoms with E-state index in [-0.39, 0.29) is 6.42 Å². The van der Waals surface area contributed by atoms with Gasteiger partial charge in [-0.25, -0.2) is 4.79 Å². The monoisotopic (exact) mass is 534 g/mol. The molecule has 0 saturated heterocycles. The molecule has 0 spiro atoms. The summed E-state index contributed by atoms with van der Waals surface area (Å²) in [5, 5.41) is 35.2. The van der Waals surface area contributed by atoms with E-state index in [1.54, 1.807) is 30.5 Å². The predicted molar refractivity (Wildman–Crippen MR) is 131 cm³/mol. The van der Waals surface area contributed by atoms with Gasteiger partial charge in [0.15, 0.2) is 0 Å². The molecule has 15 nitrogen and oxygen atoms in total. The molecular weight excluding hydrogens is 504 g/mol. The number of nitrogens with two attached hydrogens (primary N) is 2. The number of carboxylic acids is 2. The van der Waals surface area contributed by atoms with Gasteiger partial charge in [-0.3, -0.25) is 24.0 Å². The van der Waals surface area contributed by atoms with E-state index in [2.05, 4.69) is 20.9 Å². The third-order valence-electron chi connectivity index (χ3n) is 5.57. The first kappa shape index (κ1) is 29.7. The smallest absolute Gasteiger partial charge is 0.326 e. The fourth-order valence-electron chi connectivity index (χ4n) is 3.58. The molecule has 2 aromatic rings. The van der Waals surface area contributed by atoms with Crippen molar-refractivity contribution in [3.63, 3.8) is 0 Å². The normalized spacial score (nSPS) is 14.1. The highest BCUT2D eigenvalue weighted by Crippen LogP contribution is 2.19. The van der Waals surface area contributed by atoms with Gasteiger partial charge in [-0.05, 0) is 18.1 Å². The first-order chi connectivity index (χ1) is 17.9. The molecule has 1 aromatic carbocycles. The molecule has 38 heavy (non-hydrogen) atoms. The van der Waals surface area contributed by atoms with E-state index in [4.69, 9.17) is 16.6 Å². The number of fused-ring (bicyclic) bond motifs is 1. The van der Waals surface area contributed by atoms with Crippen molar-refractivity contribution in [1.29, 1.82) is 0 Å². The quantitative estimate of drug-likeness (QED) is 0.114. The Morgan fingerprint density at radius 3 is 2.11 bits per heavy atom. The summed E-state index contributed by atoms with van der Waals surface area (Å²) >= 11 is 0. The van der Waals surface area contributed by atoms with Gasteiger partial charge in [0.1, 0.15) is 18.1 Å². The second kappa shape index (κ2) is 13.7. The zero-order valence-electron chi connectivity index (χ0n) is 20.2. The number of carboxylic acid groups (broad SMARTS) is 2. The standard InChI is InChI=1S/C23H30N6O9/c24-13(8-18(25)31)20(34)28-16(7-11-9-26-14-4-2-1-3-12(11)14)21(35)29-17(10-30)22(36)27-15(23(37)38)5-6-19(32)33/h1-4,9,13,15-17,26,30H,5-8,10,24H2,(H2,25,31)(H,27,36)(H,28,34)(H,29,35)(H,32,33)(H,37,38). The van der Waals surface area contributed by atoms with Gasteiger partial charge >= 0.3 is 11.9 Å². The first-order valence-corrected chi connectivity index (χ1v) is 11.5. The van der Waals surface area contributed by atoms with Gasteiger partial charge in [0, 0.05) is 29.9 Å². The van der Waals surface area contributed by atoms with E-state index in [9.17, 15) is 39.0 Å². The summed E-state index contributed by atoms with van der Waals surface area (Å²) in [6, 6.07) is 1.25. The van der Waals surface area contributed by atoms with Crippen molar-refractivity contribution >= 4 is 46.5 Å². The second-order valence-electron chi connectivity index (χ2n) is 8.48. The van der Waals surface area contributed by atoms with Crippen LogP contribution in [-0.4, -0.2) is 86.6 Å². The zero-order chi connectivity index (χ0) is 28.4. The number of H-pyrrole nitrogens is 1. The molecule has 15 heteroatoms. The Labute approximate surface area is 215 Å². The van der Waals surface area contributed by atoms with Crippen molar-refractivity contribution in [2.45, 2.75) is 49.9 Å². The van der Waals surface area contributed by atoms with Crippen LogP contribution in [0.25, 0.3) is 10.9 Å². The van der Waals surface area contributed by atoms with E-state index in [0.717, 1.165) is 10.9 Å². The summed E-state index contributed by atoms with van der Waals surface area (Å²) in [5.41, 5.74) is 12.1. The molecule has 1 aromatic heterocycles. The number of carbonyl (C=O) groups is 6. The topological polar surface area (TPSA) is 267 Å². The number of nitrogens with one attached hydrogen (secondary N) is 4. The van der Waals surface area contributed by atoms with E-state index < -0.39 is 85.6 Å². The van der Waals surface area contributed by atoms with Gasteiger partial charge in [-0.15, -0.1) is 0 Å². The molecule has 0 bridgehead atoms. The highest BCUT2D eigenvalue weighted by atomic mass is 16.4. The number of carbonyl (C=O) groups excluding carboxylic acids is 4. The summed E-state index contributed by atoms with van der Waals surface area (Å²) in [5.74, 6) is -6.48. The van der Waals surface area contributed by atoms with Crippen LogP contribution in [0.5, 0.6) is 0 Å². The lowest BCUT2D eigenvalue weighted by Gasteiger charge is -2.24. The number of amides is 4. The van der Waals surface area contributed by atoms with Gasteiger partial charge < -0.3 is 47.7 Å². The lowest BCUT2D eigenvalue weighted by molar-refractivity contribution is -0.143. The Kier molecular flexibility index (Phi) is 10.7. The number of benzene rings is 1. The highest BCUT2D eigenvalue weighted by molar-refractivity contribution is 5.95. The summed E-state index contributed by atoms with van der Waals surface area (Å²) in [7, 11) is 0. The minimum absolute atomic E-state index is 0.0823. The van der Waals surface area contributed by atoms with E-state index in [1.165, 1.54) is 0 Å². The van der Waals surface area contributed by atoms with Gasteiger partial charge in [-0.2, -0.15) is 0 Å². The number of hydrogen-bond acceptors (Lipinski definition) is 8. The number of aliphatic hydroxyl groups is 1. The Morgan fingerprint density at radius 2 is 1.50 bits per heavy atom. The van der Waals surface area contributed by atoms with Gasteiger partial charge in [0.05, 0.1) is 19.1 Å². The number of hydrogen-bond donors (Lipinski definition) is 9. The third kappa shape index (κ3) is 8.56. The van der Waals surface area contributed by atoms with E-state index in [1.807, 2.05) is 0 Å². The molecule has 4 amide bonds. The van der Waals surface area contributed by atoms with E-state index in [0.29, 0.717) is 5.56 Å². The van der Waals surface area contributed by atoms with Crippen molar-refractivity contribution in [3.8, 4) is 0 Å². The van der Waals surface area contributed by atoms with Crippen molar-refractivity contribution in [2.24, 2.45) is 11.5 Å². The predicted octanol–water partition coefficient (Wildman–Crippen LogP) is -2.69. The number of aliphatic hydroxyl groups excluding tert-OH is 1. The zero-order valence-corrected chi connectivity index (χ0v) is 20.2. The molecule has 2 rings (SSSR count). The third-order valence-corrected chi connectivity index (χ3v) is 5.57. The van der Waals surface area contributed by atoms with Crippen LogP contribution < -0.4 is 27.4 Å². The van der Waals surface area contributed by atoms with Crippen LogP contribution in [0.4, 0.5) is 0 Å². The maximum absolute atomic E-state index is 13.1. The fourth-order valence-corrected chi connectivity index (χ4v) is 3.58. The van der Waals surface area contributed by atoms with Crippen LogP contribution in [0.2, 0.25) is 0 Å². The molecule has 0 radical (unpaired) electrons. The number of aromatic amines is 1. The molecular formula is C23H30N6O9. The molecule has 4 atom stereocenters. The average molecular weight is 535 g/mol. The number of rotatable bonds is 15. The van der Waals surface area contributed by atoms with Crippen molar-refractivity contribution in [2.75, 3.05) is 6.61 Å². The van der Waals surface area contributed by atoms with Crippen LogP contribution in [-0.2, 0) is 35.2 Å². The number of primary amides is 1. The minimum atomic E-state index is -1.63. The molecule has 0 fully saturated rings. The molecule has 0 aliphatic carbocycles. The SMILES string of the molecule is NC(=O)CC(N)C(=O)NC(Cc1c[nH]c2ccccc12)C(=O)NC(CO)C(=O)NC(CCC(=O)O)C(=O)O. The Bertz CT molecular complexity index is 1200. The Balaban J connectivity index is 2.22. The molecule has 1 heterocycles. The first-order valence-electron chi connectivity index (χ1n) is 11.5. The molecule has 0 aliphatic heterocycles. The summed E-state index contributed by atoms with van der Waals surface area (Å²) in [6.45, 7) is -0.933. The van der Waals surface area contributed by atoms with Crippen LogP contribution in [0.1, 0.15) is 24.8 Å². The molecule has 4 unspecified atom stereocenters. The van der Waals surface area contributed by atoms with Gasteiger partial charge in [0.25, 0.3) is 0 Å². The molecule has 11 N–H and O–H groups in total. The lowest BCUT2D eigenvalue weighted by atomic mass is 10.0. The number of aromatic nitrogens is 1. The lowest BCUT2D eigenvalue weighted by Crippen LogP contribution is -2.58. The average Bonchev–Trinajstić information content (AvgIpc) is 3.26. The highest BCUT2D eigenvalue weighted by Gasteiger charge is 2.31. The molecule has 206 valence electrons. The van der Waals surface area contributed by atoms with Crippen LogP contribution in [0, 0.1) is 0 Å².